The molecule has 0 radical (unpaired) electrons. The third-order valence-electron chi connectivity index (χ3n) is 2.85. The van der Waals surface area contributed by atoms with Crippen molar-refractivity contribution in [1.29, 1.82) is 0 Å². The Morgan fingerprint density at radius 3 is 2.89 bits per heavy atom. The molecule has 5 heteroatoms. The fourth-order valence-electron chi connectivity index (χ4n) is 1.84. The minimum atomic E-state index is 0.0830. The van der Waals surface area contributed by atoms with E-state index < -0.39 is 0 Å². The monoisotopic (exact) mass is 258 g/mol. The first-order valence-electron chi connectivity index (χ1n) is 6.42. The van der Waals surface area contributed by atoms with E-state index in [2.05, 4.69) is 15.3 Å². The second kappa shape index (κ2) is 6.13. The minimum Gasteiger partial charge on any atom is -0.352 e. The molecule has 0 saturated carbocycles. The summed E-state index contributed by atoms with van der Waals surface area (Å²) in [6.45, 7) is 4.45. The summed E-state index contributed by atoms with van der Waals surface area (Å²) in [6.07, 6.45) is 6.79. The quantitative estimate of drug-likeness (QED) is 0.892. The molecule has 0 spiro atoms. The summed E-state index contributed by atoms with van der Waals surface area (Å²) in [5.41, 5.74) is 1.03. The largest absolute Gasteiger partial charge is 0.352 e. The Hall–Kier alpha value is -2.17. The molecule has 0 fully saturated rings. The number of rotatable bonds is 5. The van der Waals surface area contributed by atoms with Crippen molar-refractivity contribution in [2.45, 2.75) is 33.2 Å². The molecule has 0 aliphatic rings. The van der Waals surface area contributed by atoms with Crippen LogP contribution in [-0.2, 0) is 11.3 Å². The number of imidazole rings is 1. The first-order chi connectivity index (χ1) is 9.20. The van der Waals surface area contributed by atoms with Crippen LogP contribution in [0.3, 0.4) is 0 Å². The van der Waals surface area contributed by atoms with Crippen molar-refractivity contribution < 1.29 is 4.79 Å². The number of amides is 1. The lowest BCUT2D eigenvalue weighted by Gasteiger charge is -2.08. The van der Waals surface area contributed by atoms with Crippen LogP contribution in [0.15, 0.2) is 30.7 Å². The van der Waals surface area contributed by atoms with Crippen LogP contribution >= 0.6 is 0 Å². The van der Waals surface area contributed by atoms with Gasteiger partial charge in [0.05, 0.1) is 0 Å². The lowest BCUT2D eigenvalue weighted by Crippen LogP contribution is -2.22. The van der Waals surface area contributed by atoms with Crippen LogP contribution in [-0.4, -0.2) is 20.4 Å². The molecule has 0 aromatic carbocycles. The van der Waals surface area contributed by atoms with Crippen LogP contribution in [0.2, 0.25) is 0 Å². The van der Waals surface area contributed by atoms with Gasteiger partial charge in [-0.3, -0.25) is 9.36 Å². The first kappa shape index (κ1) is 13.3. The first-order valence-corrected chi connectivity index (χ1v) is 6.42. The summed E-state index contributed by atoms with van der Waals surface area (Å²) >= 11 is 0. The highest BCUT2D eigenvalue weighted by Gasteiger charge is 2.04. The average Bonchev–Trinajstić information content (AvgIpc) is 2.83. The van der Waals surface area contributed by atoms with Gasteiger partial charge in [0.25, 0.3) is 0 Å². The third-order valence-corrected chi connectivity index (χ3v) is 2.85. The fraction of sp³-hybridized carbons (Fsp3) is 0.357. The molecule has 2 aromatic heterocycles. The molecule has 2 heterocycles. The highest BCUT2D eigenvalue weighted by molar-refractivity contribution is 5.75. The smallest absolute Gasteiger partial charge is 0.220 e. The van der Waals surface area contributed by atoms with Gasteiger partial charge in [-0.05, 0) is 31.0 Å². The number of nitrogens with one attached hydrogen (secondary N) is 1. The molecule has 0 aliphatic heterocycles. The van der Waals surface area contributed by atoms with Crippen molar-refractivity contribution in [2.24, 2.45) is 0 Å². The molecule has 2 rings (SSSR count). The minimum absolute atomic E-state index is 0.0830. The second-order valence-electron chi connectivity index (χ2n) is 4.39. The van der Waals surface area contributed by atoms with Crippen LogP contribution in [0.1, 0.15) is 31.2 Å². The highest BCUT2D eigenvalue weighted by Crippen LogP contribution is 2.09. The van der Waals surface area contributed by atoms with Gasteiger partial charge in [0, 0.05) is 31.6 Å². The topological polar surface area (TPSA) is 59.8 Å². The summed E-state index contributed by atoms with van der Waals surface area (Å²) < 4.78 is 1.91. The van der Waals surface area contributed by atoms with Crippen molar-refractivity contribution >= 4 is 5.91 Å². The number of carbonyl (C=O) groups excluding carboxylic acids is 1. The Bertz CT molecular complexity index is 562. The molecule has 2 aromatic rings. The van der Waals surface area contributed by atoms with Gasteiger partial charge in [-0.25, -0.2) is 9.97 Å². The van der Waals surface area contributed by atoms with Gasteiger partial charge in [-0.15, -0.1) is 0 Å². The molecule has 19 heavy (non-hydrogen) atoms. The maximum absolute atomic E-state index is 11.4. The average molecular weight is 258 g/mol. The van der Waals surface area contributed by atoms with E-state index in [9.17, 15) is 4.79 Å². The number of pyridine rings is 1. The second-order valence-corrected chi connectivity index (χ2v) is 4.39. The number of aryl methyl sites for hydroxylation is 1. The zero-order valence-corrected chi connectivity index (χ0v) is 11.3. The standard InChI is InChI=1S/C14H18N4O/c1-3-4-14(19)17-10-12-5-6-16-13(9-12)18-8-7-15-11(18)2/h5-9H,3-4,10H2,1-2H3,(H,17,19). The van der Waals surface area contributed by atoms with Crippen molar-refractivity contribution in [2.75, 3.05) is 0 Å². The van der Waals surface area contributed by atoms with Gasteiger partial charge >= 0.3 is 0 Å². The normalized spacial score (nSPS) is 10.4. The molecule has 1 amide bonds. The SMILES string of the molecule is CCCC(=O)NCc1ccnc(-n2ccnc2C)c1. The van der Waals surface area contributed by atoms with Crippen molar-refractivity contribution in [3.63, 3.8) is 0 Å². The third kappa shape index (κ3) is 3.40. The van der Waals surface area contributed by atoms with Gasteiger partial charge in [-0.2, -0.15) is 0 Å². The van der Waals surface area contributed by atoms with Gasteiger partial charge in [0.15, 0.2) is 0 Å². The molecule has 0 atom stereocenters. The molecule has 100 valence electrons. The van der Waals surface area contributed by atoms with Gasteiger partial charge in [-0.1, -0.05) is 6.92 Å². The summed E-state index contributed by atoms with van der Waals surface area (Å²) in [5, 5.41) is 2.90. The molecule has 0 unspecified atom stereocenters. The summed E-state index contributed by atoms with van der Waals surface area (Å²) in [7, 11) is 0. The summed E-state index contributed by atoms with van der Waals surface area (Å²) in [5.74, 6) is 1.79. The molecule has 0 aliphatic carbocycles. The number of hydrogen-bond acceptors (Lipinski definition) is 3. The molecular weight excluding hydrogens is 240 g/mol. The van der Waals surface area contributed by atoms with Crippen molar-refractivity contribution in [3.8, 4) is 5.82 Å². The van der Waals surface area contributed by atoms with E-state index in [1.807, 2.05) is 36.7 Å². The zero-order valence-electron chi connectivity index (χ0n) is 11.3. The maximum Gasteiger partial charge on any atom is 0.220 e. The Kier molecular flexibility index (Phi) is 4.28. The van der Waals surface area contributed by atoms with Gasteiger partial charge < -0.3 is 5.32 Å². The lowest BCUT2D eigenvalue weighted by molar-refractivity contribution is -0.121. The van der Waals surface area contributed by atoms with E-state index in [4.69, 9.17) is 0 Å². The van der Waals surface area contributed by atoms with Crippen LogP contribution in [0.5, 0.6) is 0 Å². The molecule has 5 nitrogen and oxygen atoms in total. The van der Waals surface area contributed by atoms with E-state index in [0.717, 1.165) is 23.6 Å². The van der Waals surface area contributed by atoms with E-state index in [0.29, 0.717) is 13.0 Å². The van der Waals surface area contributed by atoms with Gasteiger partial charge in [0.1, 0.15) is 11.6 Å². The van der Waals surface area contributed by atoms with E-state index >= 15 is 0 Å². The number of aromatic nitrogens is 3. The van der Waals surface area contributed by atoms with Gasteiger partial charge in [0.2, 0.25) is 5.91 Å². The Labute approximate surface area is 112 Å². The molecular formula is C14H18N4O. The maximum atomic E-state index is 11.4. The Morgan fingerprint density at radius 1 is 1.37 bits per heavy atom. The van der Waals surface area contributed by atoms with E-state index in [1.165, 1.54) is 0 Å². The number of hydrogen-bond donors (Lipinski definition) is 1. The lowest BCUT2D eigenvalue weighted by atomic mass is 10.2. The fourth-order valence-corrected chi connectivity index (χ4v) is 1.84. The van der Waals surface area contributed by atoms with E-state index in [-0.39, 0.29) is 5.91 Å². The molecule has 1 N–H and O–H groups in total. The summed E-state index contributed by atoms with van der Waals surface area (Å²) in [4.78, 5) is 19.9. The number of carbonyl (C=O) groups is 1. The Morgan fingerprint density at radius 2 is 2.21 bits per heavy atom. The zero-order chi connectivity index (χ0) is 13.7. The molecule has 0 saturated heterocycles. The van der Waals surface area contributed by atoms with Crippen LogP contribution in [0.25, 0.3) is 5.82 Å². The van der Waals surface area contributed by atoms with Crippen molar-refractivity contribution in [1.82, 2.24) is 19.9 Å². The number of nitrogens with zero attached hydrogens (tertiary/aromatic N) is 3. The highest BCUT2D eigenvalue weighted by atomic mass is 16.1. The van der Waals surface area contributed by atoms with Crippen molar-refractivity contribution in [3.05, 3.63) is 42.1 Å². The van der Waals surface area contributed by atoms with Crippen LogP contribution in [0, 0.1) is 6.92 Å². The molecule has 0 bridgehead atoms. The van der Waals surface area contributed by atoms with Crippen LogP contribution < -0.4 is 5.32 Å². The Balaban J connectivity index is 2.08. The predicted molar refractivity (Wildman–Crippen MR) is 72.9 cm³/mol. The van der Waals surface area contributed by atoms with E-state index in [1.54, 1.807) is 12.4 Å². The van der Waals surface area contributed by atoms with Crippen LogP contribution in [0.4, 0.5) is 0 Å². The summed E-state index contributed by atoms with van der Waals surface area (Å²) in [6, 6.07) is 3.86. The predicted octanol–water partition coefficient (Wildman–Crippen LogP) is 1.99.